The van der Waals surface area contributed by atoms with Crippen LogP contribution in [0.1, 0.15) is 40.0 Å². The van der Waals surface area contributed by atoms with Crippen LogP contribution in [0.4, 0.5) is 10.1 Å². The quantitative estimate of drug-likeness (QED) is 0.727. The SMILES string of the molecule is CN(C)C(=O)c1ccc(NC(=O)c2ccc(F)c(S(=O)(=O)N3CCCCC3)c2)cc1Cl. The first-order valence-corrected chi connectivity index (χ1v) is 11.6. The van der Waals surface area contributed by atoms with Gasteiger partial charge in [-0.05, 0) is 49.2 Å². The monoisotopic (exact) mass is 467 g/mol. The Bertz CT molecular complexity index is 1120. The fourth-order valence-corrected chi connectivity index (χ4v) is 5.17. The van der Waals surface area contributed by atoms with Gasteiger partial charge in [0.2, 0.25) is 10.0 Å². The molecule has 0 bridgehead atoms. The zero-order valence-electron chi connectivity index (χ0n) is 17.2. The molecule has 3 rings (SSSR count). The fourth-order valence-electron chi connectivity index (χ4n) is 3.30. The van der Waals surface area contributed by atoms with Gasteiger partial charge in [-0.3, -0.25) is 9.59 Å². The van der Waals surface area contributed by atoms with Crippen LogP contribution in [0.3, 0.4) is 0 Å². The van der Waals surface area contributed by atoms with Crippen molar-refractivity contribution < 1.29 is 22.4 Å². The summed E-state index contributed by atoms with van der Waals surface area (Å²) in [6.07, 6.45) is 2.36. The number of nitrogens with zero attached hydrogens (tertiary/aromatic N) is 2. The van der Waals surface area contributed by atoms with Gasteiger partial charge in [0.15, 0.2) is 0 Å². The molecule has 2 aromatic rings. The fraction of sp³-hybridized carbons (Fsp3) is 0.333. The van der Waals surface area contributed by atoms with E-state index in [1.54, 1.807) is 14.1 Å². The summed E-state index contributed by atoms with van der Waals surface area (Å²) in [6.45, 7) is 0.656. The Morgan fingerprint density at radius 2 is 1.74 bits per heavy atom. The summed E-state index contributed by atoms with van der Waals surface area (Å²) in [5.74, 6) is -1.82. The van der Waals surface area contributed by atoms with Crippen LogP contribution in [-0.4, -0.2) is 56.6 Å². The van der Waals surface area contributed by atoms with E-state index in [1.165, 1.54) is 33.5 Å². The number of amides is 2. The van der Waals surface area contributed by atoms with Gasteiger partial charge in [-0.2, -0.15) is 4.31 Å². The van der Waals surface area contributed by atoms with Crippen molar-refractivity contribution in [1.82, 2.24) is 9.21 Å². The number of hydrogen-bond donors (Lipinski definition) is 1. The van der Waals surface area contributed by atoms with Gasteiger partial charge < -0.3 is 10.2 Å². The van der Waals surface area contributed by atoms with Gasteiger partial charge in [-0.15, -0.1) is 0 Å². The van der Waals surface area contributed by atoms with Gasteiger partial charge in [0.25, 0.3) is 11.8 Å². The van der Waals surface area contributed by atoms with E-state index in [0.29, 0.717) is 31.6 Å². The lowest BCUT2D eigenvalue weighted by Crippen LogP contribution is -2.36. The topological polar surface area (TPSA) is 86.8 Å². The van der Waals surface area contributed by atoms with Gasteiger partial charge in [-0.1, -0.05) is 18.0 Å². The van der Waals surface area contributed by atoms with E-state index in [0.717, 1.165) is 18.6 Å². The van der Waals surface area contributed by atoms with Crippen molar-refractivity contribution in [2.75, 3.05) is 32.5 Å². The average molecular weight is 468 g/mol. The second-order valence-electron chi connectivity index (χ2n) is 7.46. The minimum absolute atomic E-state index is 0.0125. The molecular formula is C21H23ClFN3O4S. The molecule has 1 heterocycles. The first kappa shape index (κ1) is 23.2. The molecule has 0 atom stereocenters. The van der Waals surface area contributed by atoms with Gasteiger partial charge in [0, 0.05) is 38.4 Å². The average Bonchev–Trinajstić information content (AvgIpc) is 2.74. The van der Waals surface area contributed by atoms with Crippen molar-refractivity contribution >= 4 is 39.1 Å². The molecular weight excluding hydrogens is 445 g/mol. The second-order valence-corrected chi connectivity index (χ2v) is 9.77. The number of piperidine rings is 1. The molecule has 10 heteroatoms. The van der Waals surface area contributed by atoms with E-state index >= 15 is 0 Å². The summed E-state index contributed by atoms with van der Waals surface area (Å²) in [5.41, 5.74) is 0.581. The van der Waals surface area contributed by atoms with Gasteiger partial charge in [-0.25, -0.2) is 12.8 Å². The van der Waals surface area contributed by atoms with Crippen LogP contribution < -0.4 is 5.32 Å². The van der Waals surface area contributed by atoms with Crippen molar-refractivity contribution in [3.63, 3.8) is 0 Å². The highest BCUT2D eigenvalue weighted by molar-refractivity contribution is 7.89. The van der Waals surface area contributed by atoms with E-state index < -0.39 is 26.6 Å². The second kappa shape index (κ2) is 9.33. The summed E-state index contributed by atoms with van der Waals surface area (Å²) in [4.78, 5) is 25.6. The summed E-state index contributed by atoms with van der Waals surface area (Å²) in [7, 11) is -0.845. The van der Waals surface area contributed by atoms with Crippen LogP contribution in [0.15, 0.2) is 41.3 Å². The largest absolute Gasteiger partial charge is 0.345 e. The molecule has 0 aromatic heterocycles. The molecule has 1 aliphatic heterocycles. The van der Waals surface area contributed by atoms with Crippen molar-refractivity contribution in [2.45, 2.75) is 24.2 Å². The van der Waals surface area contributed by atoms with Crippen LogP contribution in [0, 0.1) is 5.82 Å². The summed E-state index contributed by atoms with van der Waals surface area (Å²) < 4.78 is 41.3. The number of anilines is 1. The number of carbonyl (C=O) groups is 2. The van der Waals surface area contributed by atoms with E-state index in [-0.39, 0.29) is 22.1 Å². The maximum atomic E-state index is 14.4. The van der Waals surface area contributed by atoms with Gasteiger partial charge in [0.1, 0.15) is 10.7 Å². The number of nitrogens with one attached hydrogen (secondary N) is 1. The molecule has 1 N–H and O–H groups in total. The zero-order valence-corrected chi connectivity index (χ0v) is 18.8. The molecule has 2 amide bonds. The number of halogens is 2. The highest BCUT2D eigenvalue weighted by atomic mass is 35.5. The summed E-state index contributed by atoms with van der Waals surface area (Å²) in [6, 6.07) is 7.64. The van der Waals surface area contributed by atoms with Crippen molar-refractivity contribution in [3.05, 3.63) is 58.4 Å². The normalized spacial score (nSPS) is 14.8. The highest BCUT2D eigenvalue weighted by Crippen LogP contribution is 2.25. The molecule has 31 heavy (non-hydrogen) atoms. The Balaban J connectivity index is 1.84. The van der Waals surface area contributed by atoms with Crippen LogP contribution in [0.5, 0.6) is 0 Å². The molecule has 0 saturated carbocycles. The van der Waals surface area contributed by atoms with Gasteiger partial charge >= 0.3 is 0 Å². The predicted octanol–water partition coefficient (Wildman–Crippen LogP) is 3.61. The predicted molar refractivity (Wildman–Crippen MR) is 116 cm³/mol. The van der Waals surface area contributed by atoms with Crippen molar-refractivity contribution in [3.8, 4) is 0 Å². The van der Waals surface area contributed by atoms with E-state index in [1.807, 2.05) is 0 Å². The molecule has 0 radical (unpaired) electrons. The molecule has 0 spiro atoms. The van der Waals surface area contributed by atoms with Crippen molar-refractivity contribution in [2.24, 2.45) is 0 Å². The number of hydrogen-bond acceptors (Lipinski definition) is 4. The maximum Gasteiger partial charge on any atom is 0.255 e. The maximum absolute atomic E-state index is 14.4. The van der Waals surface area contributed by atoms with Crippen LogP contribution >= 0.6 is 11.6 Å². The number of carbonyl (C=O) groups excluding carboxylic acids is 2. The Hall–Kier alpha value is -2.49. The molecule has 0 unspecified atom stereocenters. The van der Waals surface area contributed by atoms with E-state index in [2.05, 4.69) is 5.32 Å². The van der Waals surface area contributed by atoms with Crippen LogP contribution in [0.25, 0.3) is 0 Å². The Kier molecular flexibility index (Phi) is 6.98. The lowest BCUT2D eigenvalue weighted by Gasteiger charge is -2.26. The van der Waals surface area contributed by atoms with Crippen LogP contribution in [-0.2, 0) is 10.0 Å². The molecule has 1 aliphatic rings. The van der Waals surface area contributed by atoms with Gasteiger partial charge in [0.05, 0.1) is 10.6 Å². The smallest absolute Gasteiger partial charge is 0.255 e. The van der Waals surface area contributed by atoms with Crippen molar-refractivity contribution in [1.29, 1.82) is 0 Å². The first-order valence-electron chi connectivity index (χ1n) is 9.73. The third-order valence-electron chi connectivity index (χ3n) is 4.99. The summed E-state index contributed by atoms with van der Waals surface area (Å²) in [5, 5.41) is 2.75. The third kappa shape index (κ3) is 5.06. The minimum Gasteiger partial charge on any atom is -0.345 e. The first-order chi connectivity index (χ1) is 14.6. The highest BCUT2D eigenvalue weighted by Gasteiger charge is 2.29. The lowest BCUT2D eigenvalue weighted by molar-refractivity contribution is 0.0827. The molecule has 2 aromatic carbocycles. The minimum atomic E-state index is -4.04. The van der Waals surface area contributed by atoms with E-state index in [9.17, 15) is 22.4 Å². The lowest BCUT2D eigenvalue weighted by atomic mass is 10.1. The standard InChI is InChI=1S/C21H23ClFN3O4S/c1-25(2)21(28)16-8-7-15(13-17(16)22)24-20(27)14-6-9-18(23)19(12-14)31(29,30)26-10-4-3-5-11-26/h6-9,12-13H,3-5,10-11H2,1-2H3,(H,24,27). The number of sulfonamides is 1. The van der Waals surface area contributed by atoms with E-state index in [4.69, 9.17) is 11.6 Å². The number of rotatable bonds is 5. The summed E-state index contributed by atoms with van der Waals surface area (Å²) >= 11 is 6.16. The van der Waals surface area contributed by atoms with Crippen LogP contribution in [0.2, 0.25) is 5.02 Å². The molecule has 1 saturated heterocycles. The Labute approximate surface area is 185 Å². The molecule has 7 nitrogen and oxygen atoms in total. The Morgan fingerprint density at radius 3 is 2.35 bits per heavy atom. The Morgan fingerprint density at radius 1 is 1.06 bits per heavy atom. The third-order valence-corrected chi connectivity index (χ3v) is 7.22. The molecule has 166 valence electrons. The molecule has 1 fully saturated rings. The molecule has 0 aliphatic carbocycles. The number of benzene rings is 2. The zero-order chi connectivity index (χ0) is 22.8.